The van der Waals surface area contributed by atoms with Gasteiger partial charge in [-0.25, -0.2) is 0 Å². The van der Waals surface area contributed by atoms with Crippen molar-refractivity contribution in [1.29, 1.82) is 0 Å². The third kappa shape index (κ3) is 8.59. The topological polar surface area (TPSA) is 46.5 Å². The van der Waals surface area contributed by atoms with Crippen LogP contribution in [0, 0.1) is 6.92 Å². The van der Waals surface area contributed by atoms with Gasteiger partial charge >= 0.3 is 5.97 Å². The van der Waals surface area contributed by atoms with Crippen molar-refractivity contribution in [3.63, 3.8) is 0 Å². The first-order valence-electron chi connectivity index (χ1n) is 8.69. The van der Waals surface area contributed by atoms with Gasteiger partial charge in [0.25, 0.3) is 0 Å². The van der Waals surface area contributed by atoms with E-state index in [2.05, 4.69) is 41.9 Å². The summed E-state index contributed by atoms with van der Waals surface area (Å²) in [7, 11) is 6.38. The van der Waals surface area contributed by atoms with Crippen LogP contribution in [0.5, 0.6) is 5.75 Å². The number of nitrogens with zero attached hydrogens (tertiary/aromatic N) is 1. The van der Waals surface area contributed by atoms with Crippen molar-refractivity contribution in [1.82, 2.24) is 0 Å². The molecule has 0 fully saturated rings. The molecule has 0 unspecified atom stereocenters. The van der Waals surface area contributed by atoms with Crippen molar-refractivity contribution in [2.24, 2.45) is 0 Å². The molecule has 0 saturated carbocycles. The summed E-state index contributed by atoms with van der Waals surface area (Å²) in [4.78, 5) is 11.9. The lowest BCUT2D eigenvalue weighted by molar-refractivity contribution is -0.870. The Morgan fingerprint density at radius 2 is 1.80 bits per heavy atom. The number of hydrogen-bond acceptors (Lipinski definition) is 3. The third-order valence-electron chi connectivity index (χ3n) is 4.02. The number of rotatable bonds is 7. The predicted octanol–water partition coefficient (Wildman–Crippen LogP) is 0.574. The summed E-state index contributed by atoms with van der Waals surface area (Å²) < 4.78 is 6.19. The fraction of sp³-hybridized carbons (Fsp3) is 0.650. The maximum atomic E-state index is 11.9. The number of aryl methyl sites for hydroxylation is 2. The molecular weight excluding hydrogens is 338 g/mol. The van der Waals surface area contributed by atoms with E-state index >= 15 is 0 Å². The highest BCUT2D eigenvalue weighted by Gasteiger charge is 2.20. The van der Waals surface area contributed by atoms with Crippen LogP contribution in [0.2, 0.25) is 0 Å². The van der Waals surface area contributed by atoms with Crippen LogP contribution >= 0.6 is 0 Å². The SMILES string of the molecule is Cc1cc(CCC(=O)OCCC[N+](C)(C)C)cc(C(C)(C)C)c1O.[Cl-]. The van der Waals surface area contributed by atoms with Crippen LogP contribution in [-0.4, -0.2) is 49.9 Å². The highest BCUT2D eigenvalue weighted by atomic mass is 35.5. The van der Waals surface area contributed by atoms with Gasteiger partial charge in [-0.05, 0) is 35.4 Å². The standard InChI is InChI=1S/C20H33NO3.ClH/c1-15-13-16(14-17(19(15)23)20(2,3)4)9-10-18(22)24-12-8-11-21(5,6)7;/h13-14H,8-12H2,1-7H3;1H. The van der Waals surface area contributed by atoms with Gasteiger partial charge < -0.3 is 26.7 Å². The fourth-order valence-corrected chi connectivity index (χ4v) is 2.61. The Labute approximate surface area is 159 Å². The predicted molar refractivity (Wildman–Crippen MR) is 98.3 cm³/mol. The molecule has 0 aliphatic heterocycles. The molecule has 5 heteroatoms. The van der Waals surface area contributed by atoms with Crippen LogP contribution in [0.25, 0.3) is 0 Å². The number of halogens is 1. The quantitative estimate of drug-likeness (QED) is 0.433. The van der Waals surface area contributed by atoms with Gasteiger partial charge in [-0.1, -0.05) is 32.9 Å². The maximum Gasteiger partial charge on any atom is 0.306 e. The summed E-state index contributed by atoms with van der Waals surface area (Å²) in [6, 6.07) is 3.96. The first-order valence-corrected chi connectivity index (χ1v) is 8.69. The number of hydrogen-bond donors (Lipinski definition) is 1. The normalized spacial score (nSPS) is 11.8. The number of carbonyl (C=O) groups excluding carboxylic acids is 1. The number of phenols is 1. The second-order valence-electron chi connectivity index (χ2n) is 8.65. The minimum Gasteiger partial charge on any atom is -1.00 e. The molecule has 0 radical (unpaired) electrons. The van der Waals surface area contributed by atoms with Crippen LogP contribution < -0.4 is 12.4 Å². The van der Waals surface area contributed by atoms with E-state index in [1.165, 1.54) is 0 Å². The Bertz CT molecular complexity index is 572. The number of esters is 1. The van der Waals surface area contributed by atoms with Crippen LogP contribution in [0.3, 0.4) is 0 Å². The van der Waals surface area contributed by atoms with E-state index in [-0.39, 0.29) is 23.8 Å². The number of phenolic OH excluding ortho intramolecular Hbond substituents is 1. The molecule has 0 atom stereocenters. The Morgan fingerprint density at radius 1 is 1.20 bits per heavy atom. The first kappa shape index (κ1) is 23.7. The Balaban J connectivity index is 0.00000576. The van der Waals surface area contributed by atoms with E-state index in [4.69, 9.17) is 4.74 Å². The van der Waals surface area contributed by atoms with Gasteiger partial charge in [-0.2, -0.15) is 0 Å². The molecule has 1 aromatic carbocycles. The molecule has 1 rings (SSSR count). The average molecular weight is 372 g/mol. The molecule has 0 aliphatic rings. The zero-order chi connectivity index (χ0) is 18.5. The first-order chi connectivity index (χ1) is 10.9. The van der Waals surface area contributed by atoms with E-state index in [0.29, 0.717) is 25.2 Å². The molecular formula is C20H34ClNO3. The van der Waals surface area contributed by atoms with Crippen molar-refractivity contribution in [3.8, 4) is 5.75 Å². The molecule has 0 aromatic heterocycles. The molecule has 4 nitrogen and oxygen atoms in total. The lowest BCUT2D eigenvalue weighted by Crippen LogP contribution is -3.00. The number of aromatic hydroxyl groups is 1. The van der Waals surface area contributed by atoms with Gasteiger partial charge in [0.2, 0.25) is 0 Å². The molecule has 0 saturated heterocycles. The molecule has 0 heterocycles. The van der Waals surface area contributed by atoms with Crippen molar-refractivity contribution in [2.75, 3.05) is 34.3 Å². The lowest BCUT2D eigenvalue weighted by Gasteiger charge is -2.23. The second-order valence-corrected chi connectivity index (χ2v) is 8.65. The summed E-state index contributed by atoms with van der Waals surface area (Å²) in [5, 5.41) is 10.3. The average Bonchev–Trinajstić information content (AvgIpc) is 2.42. The van der Waals surface area contributed by atoms with Crippen molar-refractivity contribution in [3.05, 3.63) is 28.8 Å². The fourth-order valence-electron chi connectivity index (χ4n) is 2.61. The third-order valence-corrected chi connectivity index (χ3v) is 4.02. The van der Waals surface area contributed by atoms with Crippen LogP contribution in [0.4, 0.5) is 0 Å². The van der Waals surface area contributed by atoms with Crippen LogP contribution in [0.15, 0.2) is 12.1 Å². The minimum absolute atomic E-state index is 0. The zero-order valence-electron chi connectivity index (χ0n) is 16.8. The Kier molecular flexibility index (Phi) is 8.97. The molecule has 25 heavy (non-hydrogen) atoms. The molecule has 144 valence electrons. The second kappa shape index (κ2) is 9.44. The summed E-state index contributed by atoms with van der Waals surface area (Å²) in [6.07, 6.45) is 1.89. The van der Waals surface area contributed by atoms with E-state index in [1.54, 1.807) is 0 Å². The minimum atomic E-state index is -0.153. The number of ether oxygens (including phenoxy) is 1. The van der Waals surface area contributed by atoms with Gasteiger partial charge in [-0.15, -0.1) is 0 Å². The summed E-state index contributed by atoms with van der Waals surface area (Å²) in [5.74, 6) is 0.202. The molecule has 0 aliphatic carbocycles. The van der Waals surface area contributed by atoms with Gasteiger partial charge in [0.15, 0.2) is 0 Å². The molecule has 0 amide bonds. The van der Waals surface area contributed by atoms with Gasteiger partial charge in [0, 0.05) is 12.8 Å². The van der Waals surface area contributed by atoms with Gasteiger partial charge in [0.05, 0.1) is 34.3 Å². The Hall–Kier alpha value is -1.26. The molecule has 1 N–H and O–H groups in total. The number of carbonyl (C=O) groups is 1. The van der Waals surface area contributed by atoms with Gasteiger partial charge in [0.1, 0.15) is 5.75 Å². The zero-order valence-corrected chi connectivity index (χ0v) is 17.5. The smallest absolute Gasteiger partial charge is 0.306 e. The van der Waals surface area contributed by atoms with Crippen molar-refractivity contribution >= 4 is 5.97 Å². The van der Waals surface area contributed by atoms with E-state index in [9.17, 15) is 9.90 Å². The highest BCUT2D eigenvalue weighted by Crippen LogP contribution is 2.34. The molecule has 0 spiro atoms. The summed E-state index contributed by atoms with van der Waals surface area (Å²) >= 11 is 0. The van der Waals surface area contributed by atoms with E-state index in [0.717, 1.165) is 34.1 Å². The largest absolute Gasteiger partial charge is 1.00 e. The summed E-state index contributed by atoms with van der Waals surface area (Å²) in [5.41, 5.74) is 2.72. The summed E-state index contributed by atoms with van der Waals surface area (Å²) in [6.45, 7) is 9.60. The molecule has 0 bridgehead atoms. The van der Waals surface area contributed by atoms with Crippen LogP contribution in [-0.2, 0) is 21.4 Å². The Morgan fingerprint density at radius 3 is 2.32 bits per heavy atom. The highest BCUT2D eigenvalue weighted by molar-refractivity contribution is 5.69. The number of quaternary nitrogens is 1. The molecule has 1 aromatic rings. The van der Waals surface area contributed by atoms with Crippen LogP contribution in [0.1, 0.15) is 50.3 Å². The van der Waals surface area contributed by atoms with Gasteiger partial charge in [-0.3, -0.25) is 4.79 Å². The van der Waals surface area contributed by atoms with Crippen molar-refractivity contribution in [2.45, 2.75) is 52.4 Å². The number of benzene rings is 1. The lowest BCUT2D eigenvalue weighted by atomic mass is 9.83. The maximum absolute atomic E-state index is 11.9. The van der Waals surface area contributed by atoms with E-state index in [1.807, 2.05) is 19.1 Å². The monoisotopic (exact) mass is 371 g/mol. The van der Waals surface area contributed by atoms with Crippen molar-refractivity contribution < 1.29 is 31.5 Å². The van der Waals surface area contributed by atoms with E-state index < -0.39 is 0 Å².